The zero-order valence-corrected chi connectivity index (χ0v) is 16.0. The molecule has 0 radical (unpaired) electrons. The molecular formula is C21H26F2N4O. The fraction of sp³-hybridized carbons (Fsp3) is 0.381. The Morgan fingerprint density at radius 2 is 1.86 bits per heavy atom. The number of para-hydroxylation sites is 1. The van der Waals surface area contributed by atoms with Crippen LogP contribution in [0.2, 0.25) is 0 Å². The molecule has 28 heavy (non-hydrogen) atoms. The summed E-state index contributed by atoms with van der Waals surface area (Å²) in [6.45, 7) is 2.82. The minimum atomic E-state index is -0.912. The van der Waals surface area contributed by atoms with Gasteiger partial charge in [0.1, 0.15) is 12.4 Å². The van der Waals surface area contributed by atoms with E-state index in [-0.39, 0.29) is 0 Å². The quantitative estimate of drug-likeness (QED) is 0.453. The zero-order chi connectivity index (χ0) is 19.8. The SMILES string of the molecule is CN=C(NCCOc1ccc(F)c(F)c1)NC1CCN(c2ccccc2)CC1. The molecule has 0 aromatic heterocycles. The van der Waals surface area contributed by atoms with Crippen LogP contribution in [0.3, 0.4) is 0 Å². The molecule has 3 rings (SSSR count). The van der Waals surface area contributed by atoms with E-state index in [4.69, 9.17) is 4.74 Å². The first kappa shape index (κ1) is 19.9. The summed E-state index contributed by atoms with van der Waals surface area (Å²) >= 11 is 0. The predicted octanol–water partition coefficient (Wildman–Crippen LogP) is 3.18. The van der Waals surface area contributed by atoms with Crippen LogP contribution in [0.5, 0.6) is 5.75 Å². The molecule has 0 spiro atoms. The highest BCUT2D eigenvalue weighted by Gasteiger charge is 2.20. The molecule has 1 saturated heterocycles. The van der Waals surface area contributed by atoms with E-state index in [9.17, 15) is 8.78 Å². The second kappa shape index (κ2) is 9.92. The van der Waals surface area contributed by atoms with Crippen molar-refractivity contribution < 1.29 is 13.5 Å². The average Bonchev–Trinajstić information content (AvgIpc) is 2.74. The molecule has 0 atom stereocenters. The van der Waals surface area contributed by atoms with Gasteiger partial charge in [-0.15, -0.1) is 0 Å². The molecule has 5 nitrogen and oxygen atoms in total. The molecule has 0 saturated carbocycles. The van der Waals surface area contributed by atoms with Gasteiger partial charge in [-0.25, -0.2) is 8.78 Å². The molecule has 2 aromatic carbocycles. The Balaban J connectivity index is 1.37. The van der Waals surface area contributed by atoms with Gasteiger partial charge < -0.3 is 20.3 Å². The van der Waals surface area contributed by atoms with Crippen LogP contribution in [0.15, 0.2) is 53.5 Å². The van der Waals surface area contributed by atoms with E-state index in [2.05, 4.69) is 44.8 Å². The van der Waals surface area contributed by atoms with Crippen LogP contribution in [0, 0.1) is 11.6 Å². The Bertz CT molecular complexity index is 777. The Morgan fingerprint density at radius 3 is 2.54 bits per heavy atom. The minimum Gasteiger partial charge on any atom is -0.492 e. The number of nitrogens with zero attached hydrogens (tertiary/aromatic N) is 2. The van der Waals surface area contributed by atoms with Crippen molar-refractivity contribution in [2.75, 3.05) is 38.2 Å². The van der Waals surface area contributed by atoms with Gasteiger partial charge in [0.05, 0.1) is 6.54 Å². The number of piperidine rings is 1. The summed E-state index contributed by atoms with van der Waals surface area (Å²) in [4.78, 5) is 6.64. The molecule has 150 valence electrons. The number of anilines is 1. The van der Waals surface area contributed by atoms with E-state index in [0.717, 1.165) is 38.1 Å². The van der Waals surface area contributed by atoms with Crippen molar-refractivity contribution in [1.29, 1.82) is 0 Å². The van der Waals surface area contributed by atoms with E-state index in [1.165, 1.54) is 11.8 Å². The maximum atomic E-state index is 13.2. The van der Waals surface area contributed by atoms with Crippen molar-refractivity contribution in [2.24, 2.45) is 4.99 Å². The monoisotopic (exact) mass is 388 g/mol. The van der Waals surface area contributed by atoms with Gasteiger partial charge in [-0.05, 0) is 37.1 Å². The minimum absolute atomic E-state index is 0.303. The lowest BCUT2D eigenvalue weighted by molar-refractivity contribution is 0.318. The van der Waals surface area contributed by atoms with Gasteiger partial charge in [-0.1, -0.05) is 18.2 Å². The van der Waals surface area contributed by atoms with Crippen molar-refractivity contribution >= 4 is 11.6 Å². The topological polar surface area (TPSA) is 48.9 Å². The first-order chi connectivity index (χ1) is 13.7. The van der Waals surface area contributed by atoms with Crippen LogP contribution in [0.25, 0.3) is 0 Å². The number of hydrogen-bond donors (Lipinski definition) is 2. The van der Waals surface area contributed by atoms with E-state index in [0.29, 0.717) is 30.9 Å². The second-order valence-corrected chi connectivity index (χ2v) is 6.66. The summed E-state index contributed by atoms with van der Waals surface area (Å²) in [7, 11) is 1.73. The molecule has 0 bridgehead atoms. The molecule has 0 aliphatic carbocycles. The Labute approximate surface area is 164 Å². The maximum Gasteiger partial charge on any atom is 0.191 e. The third-order valence-corrected chi connectivity index (χ3v) is 4.74. The number of nitrogens with one attached hydrogen (secondary N) is 2. The number of guanidine groups is 1. The summed E-state index contributed by atoms with van der Waals surface area (Å²) < 4.78 is 31.5. The van der Waals surface area contributed by atoms with Crippen molar-refractivity contribution in [2.45, 2.75) is 18.9 Å². The molecule has 0 amide bonds. The normalized spacial score (nSPS) is 15.4. The summed E-state index contributed by atoms with van der Waals surface area (Å²) in [5.74, 6) is -0.776. The average molecular weight is 388 g/mol. The molecule has 0 unspecified atom stereocenters. The summed E-state index contributed by atoms with van der Waals surface area (Å²) in [5.41, 5.74) is 1.26. The van der Waals surface area contributed by atoms with E-state index < -0.39 is 11.6 Å². The van der Waals surface area contributed by atoms with Crippen molar-refractivity contribution in [3.63, 3.8) is 0 Å². The van der Waals surface area contributed by atoms with Crippen LogP contribution in [-0.2, 0) is 0 Å². The first-order valence-electron chi connectivity index (χ1n) is 9.51. The van der Waals surface area contributed by atoms with E-state index in [1.807, 2.05) is 6.07 Å². The third-order valence-electron chi connectivity index (χ3n) is 4.74. The van der Waals surface area contributed by atoms with Crippen molar-refractivity contribution in [1.82, 2.24) is 10.6 Å². The standard InChI is InChI=1S/C21H26F2N4O/c1-24-21(25-11-14-28-18-7-8-19(22)20(23)15-18)26-16-9-12-27(13-10-16)17-5-3-2-4-6-17/h2-8,15-16H,9-14H2,1H3,(H2,24,25,26). The third kappa shape index (κ3) is 5.58. The van der Waals surface area contributed by atoms with Gasteiger partial charge in [0.2, 0.25) is 0 Å². The zero-order valence-electron chi connectivity index (χ0n) is 16.0. The first-order valence-corrected chi connectivity index (χ1v) is 9.51. The summed E-state index contributed by atoms with van der Waals surface area (Å²) in [6.07, 6.45) is 2.06. The van der Waals surface area contributed by atoms with Crippen molar-refractivity contribution in [3.8, 4) is 5.75 Å². The smallest absolute Gasteiger partial charge is 0.191 e. The largest absolute Gasteiger partial charge is 0.492 e. The van der Waals surface area contributed by atoms with Crippen LogP contribution in [0.4, 0.5) is 14.5 Å². The van der Waals surface area contributed by atoms with Crippen molar-refractivity contribution in [3.05, 3.63) is 60.2 Å². The Hall–Kier alpha value is -2.83. The van der Waals surface area contributed by atoms with Crippen LogP contribution in [0.1, 0.15) is 12.8 Å². The molecular weight excluding hydrogens is 362 g/mol. The van der Waals surface area contributed by atoms with Gasteiger partial charge in [-0.3, -0.25) is 4.99 Å². The highest BCUT2D eigenvalue weighted by atomic mass is 19.2. The fourth-order valence-corrected chi connectivity index (χ4v) is 3.21. The van der Waals surface area contributed by atoms with Gasteiger partial charge in [-0.2, -0.15) is 0 Å². The lowest BCUT2D eigenvalue weighted by Gasteiger charge is -2.34. The molecule has 1 aliphatic heterocycles. The second-order valence-electron chi connectivity index (χ2n) is 6.66. The van der Waals surface area contributed by atoms with Crippen LogP contribution < -0.4 is 20.3 Å². The molecule has 2 N–H and O–H groups in total. The molecule has 7 heteroatoms. The van der Waals surface area contributed by atoms with Gasteiger partial charge >= 0.3 is 0 Å². The summed E-state index contributed by atoms with van der Waals surface area (Å²) in [5, 5.41) is 6.63. The predicted molar refractivity (Wildman–Crippen MR) is 108 cm³/mol. The van der Waals surface area contributed by atoms with Gasteiger partial charge in [0.25, 0.3) is 0 Å². The highest BCUT2D eigenvalue weighted by Crippen LogP contribution is 2.19. The molecule has 2 aromatic rings. The van der Waals surface area contributed by atoms with E-state index in [1.54, 1.807) is 7.05 Å². The number of ether oxygens (including phenoxy) is 1. The number of rotatable bonds is 6. The number of aliphatic imine (C=N–C) groups is 1. The van der Waals surface area contributed by atoms with Crippen LogP contribution in [-0.4, -0.2) is 45.3 Å². The van der Waals surface area contributed by atoms with Gasteiger partial charge in [0, 0.05) is 37.9 Å². The van der Waals surface area contributed by atoms with E-state index >= 15 is 0 Å². The maximum absolute atomic E-state index is 13.2. The van der Waals surface area contributed by atoms with Crippen LogP contribution >= 0.6 is 0 Å². The lowest BCUT2D eigenvalue weighted by Crippen LogP contribution is -2.49. The highest BCUT2D eigenvalue weighted by molar-refractivity contribution is 5.80. The molecule has 1 fully saturated rings. The Kier molecular flexibility index (Phi) is 7.06. The Morgan fingerprint density at radius 1 is 1.11 bits per heavy atom. The number of halogens is 2. The summed E-state index contributed by atoms with van der Waals surface area (Å²) in [6, 6.07) is 14.3. The number of hydrogen-bond acceptors (Lipinski definition) is 3. The van der Waals surface area contributed by atoms with Gasteiger partial charge in [0.15, 0.2) is 17.6 Å². The fourth-order valence-electron chi connectivity index (χ4n) is 3.21. The lowest BCUT2D eigenvalue weighted by atomic mass is 10.0. The molecule has 1 heterocycles. The molecule has 1 aliphatic rings. The number of benzene rings is 2.